The fraction of sp³-hybridized carbons (Fsp3) is 0.214. The van der Waals surface area contributed by atoms with E-state index in [1.807, 2.05) is 0 Å². The molecule has 0 saturated carbocycles. The average molecular weight is 600 g/mol. The number of ether oxygens (including phenoxy) is 1. The summed E-state index contributed by atoms with van der Waals surface area (Å²) in [5.41, 5.74) is -1.01. The Bertz CT molecular complexity index is 1770. The monoisotopic (exact) mass is 599 g/mol. The number of hydrogen-bond donors (Lipinski definition) is 1. The number of halogens is 3. The van der Waals surface area contributed by atoms with E-state index >= 15 is 0 Å². The molecule has 1 aliphatic rings. The highest BCUT2D eigenvalue weighted by atomic mass is 32.2. The fourth-order valence-electron chi connectivity index (χ4n) is 4.68. The Kier molecular flexibility index (Phi) is 7.73. The number of methoxy groups -OCH3 is 1. The Labute approximate surface area is 238 Å². The zero-order chi connectivity index (χ0) is 30.1. The van der Waals surface area contributed by atoms with E-state index in [-0.39, 0.29) is 48.1 Å². The summed E-state index contributed by atoms with van der Waals surface area (Å²) in [4.78, 5) is 36.6. The Hall–Kier alpha value is -4.72. The molecule has 2 aromatic carbocycles. The van der Waals surface area contributed by atoms with Crippen LogP contribution in [-0.4, -0.2) is 73.3 Å². The normalized spacial score (nSPS) is 14.1. The van der Waals surface area contributed by atoms with Gasteiger partial charge in [-0.25, -0.2) is 8.42 Å². The molecule has 0 aliphatic carbocycles. The van der Waals surface area contributed by atoms with E-state index in [1.165, 1.54) is 47.4 Å². The third-order valence-corrected chi connectivity index (χ3v) is 8.19. The van der Waals surface area contributed by atoms with Crippen molar-refractivity contribution in [2.24, 2.45) is 0 Å². The molecule has 1 fully saturated rings. The molecule has 1 N–H and O–H groups in total. The first-order valence-electron chi connectivity index (χ1n) is 12.6. The molecule has 0 unspecified atom stereocenters. The van der Waals surface area contributed by atoms with Crippen molar-refractivity contribution in [3.05, 3.63) is 89.9 Å². The minimum absolute atomic E-state index is 0.0187. The number of pyridine rings is 2. The maximum Gasteiger partial charge on any atom is 0.417 e. The number of carbonyl (C=O) groups is 2. The van der Waals surface area contributed by atoms with Gasteiger partial charge < -0.3 is 14.5 Å². The van der Waals surface area contributed by atoms with Crippen LogP contribution >= 0.6 is 0 Å². The molecule has 14 heteroatoms. The molecule has 5 rings (SSSR count). The van der Waals surface area contributed by atoms with E-state index in [2.05, 4.69) is 14.7 Å². The van der Waals surface area contributed by atoms with E-state index in [4.69, 9.17) is 4.74 Å². The molecule has 10 nitrogen and oxygen atoms in total. The second-order valence-electron chi connectivity index (χ2n) is 9.36. The quantitative estimate of drug-likeness (QED) is 0.355. The summed E-state index contributed by atoms with van der Waals surface area (Å²) in [5, 5.41) is 0.649. The highest BCUT2D eigenvalue weighted by Crippen LogP contribution is 2.33. The fourth-order valence-corrected chi connectivity index (χ4v) is 5.93. The number of para-hydroxylation sites is 1. The summed E-state index contributed by atoms with van der Waals surface area (Å²) >= 11 is 0. The van der Waals surface area contributed by atoms with E-state index in [1.54, 1.807) is 24.3 Å². The Morgan fingerprint density at radius 1 is 0.929 bits per heavy atom. The van der Waals surface area contributed by atoms with E-state index < -0.39 is 39.1 Å². The predicted molar refractivity (Wildman–Crippen MR) is 147 cm³/mol. The number of aromatic nitrogens is 2. The molecule has 4 aromatic rings. The molecular weight excluding hydrogens is 575 g/mol. The van der Waals surface area contributed by atoms with E-state index in [0.29, 0.717) is 10.9 Å². The number of amides is 2. The van der Waals surface area contributed by atoms with Gasteiger partial charge in [-0.05, 0) is 36.4 Å². The van der Waals surface area contributed by atoms with Gasteiger partial charge in [0, 0.05) is 55.7 Å². The molecule has 2 aromatic heterocycles. The van der Waals surface area contributed by atoms with Crippen molar-refractivity contribution in [1.29, 1.82) is 0 Å². The number of piperazine rings is 1. The number of rotatable bonds is 6. The van der Waals surface area contributed by atoms with Crippen molar-refractivity contribution >= 4 is 38.4 Å². The molecule has 0 bridgehead atoms. The number of nitrogens with one attached hydrogen (secondary N) is 1. The Balaban J connectivity index is 1.29. The topological polar surface area (TPSA) is 122 Å². The SMILES string of the molecule is COc1cc(C(=O)N2CCN(C(=O)c3cnccc3C(F)(F)F)CC2)ccc1NS(=O)(=O)c1cccc2cccnc12. The van der Waals surface area contributed by atoms with Crippen LogP contribution in [0.15, 0.2) is 78.1 Å². The summed E-state index contributed by atoms with van der Waals surface area (Å²) in [7, 11) is -2.74. The van der Waals surface area contributed by atoms with Gasteiger partial charge in [0.05, 0.1) is 29.4 Å². The number of benzene rings is 2. The van der Waals surface area contributed by atoms with Crippen LogP contribution in [0.25, 0.3) is 10.9 Å². The van der Waals surface area contributed by atoms with Gasteiger partial charge in [-0.3, -0.25) is 24.3 Å². The van der Waals surface area contributed by atoms with Crippen molar-refractivity contribution in [1.82, 2.24) is 19.8 Å². The summed E-state index contributed by atoms with van der Waals surface area (Å²) in [6.45, 7) is 0.198. The number of carbonyl (C=O) groups excluding carboxylic acids is 2. The summed E-state index contributed by atoms with van der Waals surface area (Å²) < 4.78 is 74.4. The van der Waals surface area contributed by atoms with Gasteiger partial charge in [-0.15, -0.1) is 0 Å². The van der Waals surface area contributed by atoms with Crippen LogP contribution < -0.4 is 9.46 Å². The lowest BCUT2D eigenvalue weighted by atomic mass is 10.1. The molecule has 2 amide bonds. The zero-order valence-corrected chi connectivity index (χ0v) is 22.9. The maximum atomic E-state index is 13.4. The number of fused-ring (bicyclic) bond motifs is 1. The predicted octanol–water partition coefficient (Wildman–Crippen LogP) is 4.06. The first-order valence-corrected chi connectivity index (χ1v) is 14.1. The highest BCUT2D eigenvalue weighted by Gasteiger charge is 2.37. The molecule has 3 heterocycles. The summed E-state index contributed by atoms with van der Waals surface area (Å²) in [6.07, 6.45) is -1.35. The number of alkyl halides is 3. The molecule has 0 atom stereocenters. The lowest BCUT2D eigenvalue weighted by Crippen LogP contribution is -2.50. The molecule has 0 spiro atoms. The lowest BCUT2D eigenvalue weighted by molar-refractivity contribution is -0.138. The van der Waals surface area contributed by atoms with Gasteiger partial charge in [0.25, 0.3) is 21.8 Å². The molecule has 1 aliphatic heterocycles. The number of nitrogens with zero attached hydrogens (tertiary/aromatic N) is 4. The van der Waals surface area contributed by atoms with Gasteiger partial charge >= 0.3 is 6.18 Å². The number of anilines is 1. The molecule has 218 valence electrons. The molecule has 1 saturated heterocycles. The Morgan fingerprint density at radius 2 is 1.62 bits per heavy atom. The Morgan fingerprint density at radius 3 is 2.31 bits per heavy atom. The number of hydrogen-bond acceptors (Lipinski definition) is 7. The molecule has 42 heavy (non-hydrogen) atoms. The van der Waals surface area contributed by atoms with Crippen LogP contribution in [0.4, 0.5) is 18.9 Å². The van der Waals surface area contributed by atoms with Crippen molar-refractivity contribution in [2.45, 2.75) is 11.1 Å². The van der Waals surface area contributed by atoms with Crippen LogP contribution in [0.2, 0.25) is 0 Å². The van der Waals surface area contributed by atoms with E-state index in [0.717, 1.165) is 18.5 Å². The smallest absolute Gasteiger partial charge is 0.417 e. The lowest BCUT2D eigenvalue weighted by Gasteiger charge is -2.35. The van der Waals surface area contributed by atoms with Crippen LogP contribution in [0, 0.1) is 0 Å². The van der Waals surface area contributed by atoms with Crippen molar-refractivity contribution < 1.29 is 35.9 Å². The summed E-state index contributed by atoms with van der Waals surface area (Å²) in [6, 6.07) is 13.2. The maximum absolute atomic E-state index is 13.4. The largest absolute Gasteiger partial charge is 0.495 e. The van der Waals surface area contributed by atoms with Crippen molar-refractivity contribution in [3.8, 4) is 5.75 Å². The van der Waals surface area contributed by atoms with Crippen LogP contribution in [0.5, 0.6) is 5.75 Å². The first-order chi connectivity index (χ1) is 20.0. The van der Waals surface area contributed by atoms with Crippen LogP contribution in [0.3, 0.4) is 0 Å². The van der Waals surface area contributed by atoms with Crippen molar-refractivity contribution in [3.63, 3.8) is 0 Å². The van der Waals surface area contributed by atoms with Crippen molar-refractivity contribution in [2.75, 3.05) is 38.0 Å². The standard InChI is InChI=1S/C28H24F3N5O5S/c1-41-23-16-19(7-8-22(23)34-42(39,40)24-6-2-4-18-5-3-10-33-25(18)24)26(37)35-12-14-36(15-13-35)27(38)20-17-32-11-9-21(20)28(29,30)31/h2-11,16-17,34H,12-15H2,1H3. The van der Waals surface area contributed by atoms with Gasteiger partial charge in [0.1, 0.15) is 10.6 Å². The molecule has 0 radical (unpaired) electrons. The average Bonchev–Trinajstić information content (AvgIpc) is 2.99. The van der Waals surface area contributed by atoms with E-state index in [9.17, 15) is 31.2 Å². The number of sulfonamides is 1. The van der Waals surface area contributed by atoms with Crippen LogP contribution in [-0.2, 0) is 16.2 Å². The van der Waals surface area contributed by atoms with Gasteiger partial charge in [-0.2, -0.15) is 13.2 Å². The van der Waals surface area contributed by atoms with Gasteiger partial charge in [0.2, 0.25) is 0 Å². The highest BCUT2D eigenvalue weighted by molar-refractivity contribution is 7.93. The van der Waals surface area contributed by atoms with Gasteiger partial charge in [0.15, 0.2) is 0 Å². The third kappa shape index (κ3) is 5.70. The van der Waals surface area contributed by atoms with Crippen LogP contribution in [0.1, 0.15) is 26.3 Å². The second kappa shape index (κ2) is 11.3. The zero-order valence-electron chi connectivity index (χ0n) is 22.1. The minimum atomic E-state index is -4.71. The van der Waals surface area contributed by atoms with Gasteiger partial charge in [-0.1, -0.05) is 18.2 Å². The third-order valence-electron chi connectivity index (χ3n) is 6.79. The molecular formula is C28H24F3N5O5S. The summed E-state index contributed by atoms with van der Waals surface area (Å²) in [5.74, 6) is -1.13. The minimum Gasteiger partial charge on any atom is -0.495 e. The first kappa shape index (κ1) is 28.8. The second-order valence-corrected chi connectivity index (χ2v) is 11.0.